The van der Waals surface area contributed by atoms with Crippen LogP contribution in [0.3, 0.4) is 0 Å². The van der Waals surface area contributed by atoms with E-state index in [1.165, 1.54) is 19.3 Å². The number of carbonyl (C=O) groups is 1. The van der Waals surface area contributed by atoms with Crippen LogP contribution in [0.2, 0.25) is 0 Å². The molecule has 0 amide bonds. The van der Waals surface area contributed by atoms with Crippen molar-refractivity contribution in [3.63, 3.8) is 0 Å². The van der Waals surface area contributed by atoms with Crippen molar-refractivity contribution in [1.29, 1.82) is 0 Å². The summed E-state index contributed by atoms with van der Waals surface area (Å²) in [7, 11) is 1.85. The minimum Gasteiger partial charge on any atom is -0.447 e. The van der Waals surface area contributed by atoms with Crippen molar-refractivity contribution in [2.24, 2.45) is 0 Å². The summed E-state index contributed by atoms with van der Waals surface area (Å²) in [5.41, 5.74) is 3.30. The van der Waals surface area contributed by atoms with Crippen LogP contribution in [-0.2, 0) is 4.74 Å². The van der Waals surface area contributed by atoms with E-state index in [0.29, 0.717) is 61.4 Å². The molecule has 8 heteroatoms. The number of furan rings is 1. The van der Waals surface area contributed by atoms with Gasteiger partial charge >= 0.3 is 0 Å². The maximum absolute atomic E-state index is 12.5. The molecule has 8 nitrogen and oxygen atoms in total. The summed E-state index contributed by atoms with van der Waals surface area (Å²) in [5, 5.41) is 6.49. The Morgan fingerprint density at radius 2 is 1.77 bits per heavy atom. The lowest BCUT2D eigenvalue weighted by molar-refractivity contribution is 0.0957. The highest BCUT2D eigenvalue weighted by Crippen LogP contribution is 2.30. The largest absolute Gasteiger partial charge is 0.447 e. The third-order valence-corrected chi connectivity index (χ3v) is 6.36. The van der Waals surface area contributed by atoms with Crippen LogP contribution >= 0.6 is 0 Å². The van der Waals surface area contributed by atoms with E-state index < -0.39 is 0 Å². The molecule has 39 heavy (non-hydrogen) atoms. The molecular formula is C31H43N5O3. The van der Waals surface area contributed by atoms with Crippen LogP contribution in [0.4, 0.5) is 11.8 Å². The lowest BCUT2D eigenvalue weighted by Crippen LogP contribution is -2.37. The maximum Gasteiger partial charge on any atom is 0.231 e. The van der Waals surface area contributed by atoms with E-state index >= 15 is 0 Å². The van der Waals surface area contributed by atoms with E-state index in [0.717, 1.165) is 23.4 Å². The first-order valence-corrected chi connectivity index (χ1v) is 14.1. The van der Waals surface area contributed by atoms with Gasteiger partial charge in [-0.15, -0.1) is 0 Å². The minimum atomic E-state index is -0.0284. The van der Waals surface area contributed by atoms with Crippen LogP contribution in [-0.4, -0.2) is 49.1 Å². The fraction of sp³-hybridized carbons (Fsp3) is 0.452. The molecule has 1 saturated heterocycles. The minimum absolute atomic E-state index is 0.0284. The molecule has 3 aromatic rings. The van der Waals surface area contributed by atoms with Crippen molar-refractivity contribution in [2.75, 3.05) is 43.6 Å². The zero-order valence-electron chi connectivity index (χ0n) is 24.0. The third kappa shape index (κ3) is 8.42. The van der Waals surface area contributed by atoms with Gasteiger partial charge in [-0.2, -0.15) is 4.98 Å². The van der Waals surface area contributed by atoms with E-state index in [9.17, 15) is 4.79 Å². The molecule has 210 valence electrons. The number of aromatic nitrogens is 2. The Hall–Kier alpha value is -3.65. The second kappa shape index (κ2) is 15.7. The number of ketones is 1. The van der Waals surface area contributed by atoms with E-state index in [1.807, 2.05) is 45.2 Å². The molecule has 4 rings (SSSR count). The average Bonchev–Trinajstić information content (AvgIpc) is 3.41. The molecular weight excluding hydrogens is 490 g/mol. The zero-order chi connectivity index (χ0) is 28.0. The molecule has 0 atom stereocenters. The first kappa shape index (κ1) is 29.9. The predicted octanol–water partition coefficient (Wildman–Crippen LogP) is 6.81. The van der Waals surface area contributed by atoms with Crippen LogP contribution in [0.5, 0.6) is 0 Å². The number of Topliss-reactive ketones (excluding diaryl/α,β-unsaturated/α-hetero) is 1. The highest BCUT2D eigenvalue weighted by molar-refractivity contribution is 5.98. The molecule has 0 saturated carbocycles. The SMILES string of the molecule is C/C=C(\C=C(/NC)Nc1nc(N2CCOCC2)c2oc(C(=O)CCC)cc2n1)c1ccccc1.CCCCC. The molecule has 2 aromatic heterocycles. The van der Waals surface area contributed by atoms with Gasteiger partial charge in [-0.3, -0.25) is 4.79 Å². The smallest absolute Gasteiger partial charge is 0.231 e. The third-order valence-electron chi connectivity index (χ3n) is 6.36. The fourth-order valence-electron chi connectivity index (χ4n) is 4.21. The van der Waals surface area contributed by atoms with Crippen LogP contribution in [0, 0.1) is 0 Å². The van der Waals surface area contributed by atoms with Gasteiger partial charge in [-0.1, -0.05) is 76.4 Å². The Morgan fingerprint density at radius 1 is 1.05 bits per heavy atom. The Bertz CT molecular complexity index is 1240. The quantitative estimate of drug-likeness (QED) is 0.205. The normalized spacial score (nSPS) is 14.1. The number of morpholine rings is 1. The molecule has 3 heterocycles. The predicted molar refractivity (Wildman–Crippen MR) is 160 cm³/mol. The van der Waals surface area contributed by atoms with Crippen molar-refractivity contribution >= 4 is 34.2 Å². The molecule has 1 aliphatic rings. The van der Waals surface area contributed by atoms with Gasteiger partial charge in [0.05, 0.1) is 13.2 Å². The van der Waals surface area contributed by atoms with Crippen LogP contribution in [0.1, 0.15) is 75.9 Å². The van der Waals surface area contributed by atoms with Crippen molar-refractivity contribution in [3.05, 3.63) is 65.7 Å². The Kier molecular flexibility index (Phi) is 12.0. The fourth-order valence-corrected chi connectivity index (χ4v) is 4.21. The monoisotopic (exact) mass is 533 g/mol. The van der Waals surface area contributed by atoms with E-state index in [4.69, 9.17) is 14.1 Å². The maximum atomic E-state index is 12.5. The van der Waals surface area contributed by atoms with Gasteiger partial charge in [0.2, 0.25) is 5.95 Å². The molecule has 0 aliphatic carbocycles. The number of rotatable bonds is 11. The van der Waals surface area contributed by atoms with Gasteiger partial charge in [-0.25, -0.2) is 4.98 Å². The topological polar surface area (TPSA) is 92.5 Å². The van der Waals surface area contributed by atoms with E-state index in [-0.39, 0.29) is 5.78 Å². The van der Waals surface area contributed by atoms with Crippen LogP contribution in [0.25, 0.3) is 16.7 Å². The lowest BCUT2D eigenvalue weighted by atomic mass is 10.1. The molecule has 0 bridgehead atoms. The summed E-state index contributed by atoms with van der Waals surface area (Å²) in [6, 6.07) is 11.9. The number of hydrogen-bond donors (Lipinski definition) is 2. The van der Waals surface area contributed by atoms with Crippen molar-refractivity contribution in [2.45, 2.75) is 59.8 Å². The number of carbonyl (C=O) groups excluding carboxylic acids is 1. The second-order valence-corrected chi connectivity index (χ2v) is 9.37. The number of fused-ring (bicyclic) bond motifs is 1. The summed E-state index contributed by atoms with van der Waals surface area (Å²) >= 11 is 0. The summed E-state index contributed by atoms with van der Waals surface area (Å²) in [6.07, 6.45) is 9.34. The Labute approximate surface area is 232 Å². The average molecular weight is 534 g/mol. The molecule has 1 aromatic carbocycles. The van der Waals surface area contributed by atoms with Gasteiger partial charge in [-0.05, 0) is 30.6 Å². The molecule has 1 aliphatic heterocycles. The number of hydrogen-bond acceptors (Lipinski definition) is 8. The summed E-state index contributed by atoms with van der Waals surface area (Å²) in [6.45, 7) is 11.0. The van der Waals surface area contributed by atoms with Gasteiger partial charge in [0.25, 0.3) is 0 Å². The Balaban J connectivity index is 0.000000771. The number of unbranched alkanes of at least 4 members (excludes halogenated alkanes) is 2. The highest BCUT2D eigenvalue weighted by atomic mass is 16.5. The van der Waals surface area contributed by atoms with Crippen molar-refractivity contribution in [1.82, 2.24) is 15.3 Å². The summed E-state index contributed by atoms with van der Waals surface area (Å²) < 4.78 is 11.5. The number of allylic oxidation sites excluding steroid dienone is 3. The van der Waals surface area contributed by atoms with Crippen molar-refractivity contribution in [3.8, 4) is 0 Å². The molecule has 2 N–H and O–H groups in total. The van der Waals surface area contributed by atoms with Crippen LogP contribution < -0.4 is 15.5 Å². The van der Waals surface area contributed by atoms with E-state index in [1.54, 1.807) is 6.07 Å². The number of anilines is 2. The standard InChI is InChI=1S/C26H31N5O3.C5H12/c1-4-9-21(32)22-17-20-24(34-22)25(31-12-14-33-15-13-31)30-26(28-20)29-23(27-3)16-18(5-2)19-10-7-6-8-11-19;1-3-5-4-2/h5-8,10-11,16-17,27H,4,9,12-15H2,1-3H3,(H,28,29,30);3-5H2,1-2H3/b18-5+,23-16+;. The summed E-state index contributed by atoms with van der Waals surface area (Å²) in [5.74, 6) is 2.13. The van der Waals surface area contributed by atoms with Crippen molar-refractivity contribution < 1.29 is 13.9 Å². The second-order valence-electron chi connectivity index (χ2n) is 9.37. The number of ether oxygens (including phenoxy) is 1. The van der Waals surface area contributed by atoms with Gasteiger partial charge in [0.1, 0.15) is 11.3 Å². The van der Waals surface area contributed by atoms with E-state index in [2.05, 4.69) is 52.6 Å². The number of nitrogens with zero attached hydrogens (tertiary/aromatic N) is 3. The van der Waals surface area contributed by atoms with Gasteiger partial charge in [0.15, 0.2) is 22.9 Å². The summed E-state index contributed by atoms with van der Waals surface area (Å²) in [4.78, 5) is 24.0. The molecule has 1 fully saturated rings. The molecule has 0 spiro atoms. The van der Waals surface area contributed by atoms with Gasteiger partial charge in [0, 0.05) is 32.6 Å². The lowest BCUT2D eigenvalue weighted by Gasteiger charge is -2.27. The molecule has 0 unspecified atom stereocenters. The van der Waals surface area contributed by atoms with Crippen LogP contribution in [0.15, 0.2) is 58.8 Å². The number of benzene rings is 1. The Morgan fingerprint density at radius 3 is 2.36 bits per heavy atom. The first-order valence-electron chi connectivity index (χ1n) is 14.1. The zero-order valence-corrected chi connectivity index (χ0v) is 24.0. The highest BCUT2D eigenvalue weighted by Gasteiger charge is 2.23. The first-order chi connectivity index (χ1) is 19.0. The number of nitrogens with one attached hydrogen (secondary N) is 2. The molecule has 0 radical (unpaired) electrons. The van der Waals surface area contributed by atoms with Gasteiger partial charge < -0.3 is 24.7 Å².